The average molecular weight is 229 g/mol. The smallest absolute Gasteiger partial charge is 0.158 e. The van der Waals surface area contributed by atoms with Gasteiger partial charge in [-0.15, -0.1) is 0 Å². The number of hydrogen-bond donors (Lipinski definition) is 1. The summed E-state index contributed by atoms with van der Waals surface area (Å²) in [5, 5.41) is 3.35. The highest BCUT2D eigenvalue weighted by Crippen LogP contribution is 2.30. The second-order valence-corrected chi connectivity index (χ2v) is 4.95. The average Bonchev–Trinajstić information content (AvgIpc) is 2.28. The van der Waals surface area contributed by atoms with Gasteiger partial charge in [0.25, 0.3) is 0 Å². The zero-order valence-electron chi connectivity index (χ0n) is 10.4. The van der Waals surface area contributed by atoms with Gasteiger partial charge in [0, 0.05) is 24.2 Å². The van der Waals surface area contributed by atoms with Crippen molar-refractivity contribution >= 4 is 5.78 Å². The highest BCUT2D eigenvalue weighted by molar-refractivity contribution is 5.91. The predicted octanol–water partition coefficient (Wildman–Crippen LogP) is 3.02. The Hall–Kier alpha value is -1.57. The first kappa shape index (κ1) is 11.9. The minimum Gasteiger partial charge on any atom is -0.386 e. The summed E-state index contributed by atoms with van der Waals surface area (Å²) in [5.41, 5.74) is 2.34. The Balaban J connectivity index is 2.13. The molecular formula is C15H19NO. The molecule has 0 fully saturated rings. The van der Waals surface area contributed by atoms with Crippen LogP contribution in [0.4, 0.5) is 0 Å². The quantitative estimate of drug-likeness (QED) is 0.863. The lowest BCUT2D eigenvalue weighted by Crippen LogP contribution is -2.27. The van der Waals surface area contributed by atoms with Gasteiger partial charge in [0.05, 0.1) is 0 Å². The Morgan fingerprint density at radius 3 is 2.53 bits per heavy atom. The molecule has 0 saturated heterocycles. The zero-order valence-corrected chi connectivity index (χ0v) is 10.4. The number of ketones is 1. The van der Waals surface area contributed by atoms with Gasteiger partial charge < -0.3 is 5.32 Å². The molecule has 0 heterocycles. The summed E-state index contributed by atoms with van der Waals surface area (Å²) in [5.74, 6) is 0.559. The third kappa shape index (κ3) is 3.19. The maximum Gasteiger partial charge on any atom is 0.158 e. The Bertz CT molecular complexity index is 420. The van der Waals surface area contributed by atoms with Gasteiger partial charge in [0.2, 0.25) is 0 Å². The number of hydrogen-bond acceptors (Lipinski definition) is 2. The van der Waals surface area contributed by atoms with Crippen molar-refractivity contribution in [2.75, 3.05) is 0 Å². The lowest BCUT2D eigenvalue weighted by Gasteiger charge is -2.24. The highest BCUT2D eigenvalue weighted by atomic mass is 16.1. The largest absolute Gasteiger partial charge is 0.386 e. The number of carbonyl (C=O) groups is 1. The van der Waals surface area contributed by atoms with E-state index >= 15 is 0 Å². The number of benzene rings is 1. The molecule has 1 aliphatic carbocycles. The first-order valence-corrected chi connectivity index (χ1v) is 6.20. The molecule has 2 nitrogen and oxygen atoms in total. The highest BCUT2D eigenvalue weighted by Gasteiger charge is 2.22. The molecule has 90 valence electrons. The van der Waals surface area contributed by atoms with Gasteiger partial charge in [-0.05, 0) is 31.7 Å². The third-order valence-corrected chi connectivity index (χ3v) is 2.99. The summed E-state index contributed by atoms with van der Waals surface area (Å²) in [7, 11) is 0. The number of rotatable bonds is 3. The van der Waals surface area contributed by atoms with Crippen molar-refractivity contribution in [3.05, 3.63) is 47.7 Å². The van der Waals surface area contributed by atoms with Crippen LogP contribution < -0.4 is 5.32 Å². The fourth-order valence-electron chi connectivity index (χ4n) is 2.32. The molecular weight excluding hydrogens is 210 g/mol. The maximum absolute atomic E-state index is 11.7. The molecule has 0 amide bonds. The van der Waals surface area contributed by atoms with Crippen LogP contribution in [0.1, 0.15) is 38.2 Å². The van der Waals surface area contributed by atoms with Crippen molar-refractivity contribution in [2.24, 2.45) is 0 Å². The van der Waals surface area contributed by atoms with Gasteiger partial charge in [-0.1, -0.05) is 30.3 Å². The van der Waals surface area contributed by atoms with Gasteiger partial charge in [0.15, 0.2) is 5.78 Å². The van der Waals surface area contributed by atoms with E-state index in [1.165, 1.54) is 5.56 Å². The summed E-state index contributed by atoms with van der Waals surface area (Å²) in [6.45, 7) is 4.19. The SMILES string of the molecule is CC(C)NC1=CC(=O)CC(c2ccccc2)C1. The molecule has 1 aromatic rings. The van der Waals surface area contributed by atoms with Crippen molar-refractivity contribution in [2.45, 2.75) is 38.6 Å². The van der Waals surface area contributed by atoms with Crippen LogP contribution in [0.3, 0.4) is 0 Å². The lowest BCUT2D eigenvalue weighted by molar-refractivity contribution is -0.115. The maximum atomic E-state index is 11.7. The Kier molecular flexibility index (Phi) is 3.62. The monoisotopic (exact) mass is 229 g/mol. The molecule has 1 aliphatic rings. The van der Waals surface area contributed by atoms with E-state index in [-0.39, 0.29) is 5.78 Å². The van der Waals surface area contributed by atoms with Crippen LogP contribution in [0.2, 0.25) is 0 Å². The molecule has 0 bridgehead atoms. The second kappa shape index (κ2) is 5.17. The van der Waals surface area contributed by atoms with Gasteiger partial charge in [-0.2, -0.15) is 0 Å². The predicted molar refractivity (Wildman–Crippen MR) is 69.8 cm³/mol. The molecule has 0 aromatic heterocycles. The topological polar surface area (TPSA) is 29.1 Å². The first-order valence-electron chi connectivity index (χ1n) is 6.20. The standard InChI is InChI=1S/C15H19NO/c1-11(2)16-14-8-13(9-15(17)10-14)12-6-4-3-5-7-12/h3-7,10-11,13,16H,8-9H2,1-2H3. The normalized spacial score (nSPS) is 20.3. The fourth-order valence-corrected chi connectivity index (χ4v) is 2.32. The van der Waals surface area contributed by atoms with Crippen LogP contribution in [0, 0.1) is 0 Å². The summed E-state index contributed by atoms with van der Waals surface area (Å²) < 4.78 is 0. The zero-order chi connectivity index (χ0) is 12.3. The van der Waals surface area contributed by atoms with E-state index in [0.29, 0.717) is 18.4 Å². The summed E-state index contributed by atoms with van der Waals surface area (Å²) in [6, 6.07) is 10.7. The van der Waals surface area contributed by atoms with Gasteiger partial charge in [-0.3, -0.25) is 4.79 Å². The van der Waals surface area contributed by atoms with Crippen LogP contribution in [0.25, 0.3) is 0 Å². The van der Waals surface area contributed by atoms with Gasteiger partial charge in [0.1, 0.15) is 0 Å². The molecule has 2 heteroatoms. The molecule has 0 spiro atoms. The molecule has 1 N–H and O–H groups in total. The molecule has 1 unspecified atom stereocenters. The molecule has 2 rings (SSSR count). The van der Waals surface area contributed by atoms with Crippen LogP contribution in [0.5, 0.6) is 0 Å². The van der Waals surface area contributed by atoms with E-state index in [0.717, 1.165) is 12.1 Å². The Morgan fingerprint density at radius 2 is 1.88 bits per heavy atom. The van der Waals surface area contributed by atoms with Crippen LogP contribution >= 0.6 is 0 Å². The van der Waals surface area contributed by atoms with Gasteiger partial charge in [-0.25, -0.2) is 0 Å². The molecule has 17 heavy (non-hydrogen) atoms. The lowest BCUT2D eigenvalue weighted by atomic mass is 9.85. The van der Waals surface area contributed by atoms with E-state index in [4.69, 9.17) is 0 Å². The molecule has 1 atom stereocenters. The molecule has 0 radical (unpaired) electrons. The molecule has 1 aromatic carbocycles. The minimum absolute atomic E-state index is 0.230. The molecule has 0 saturated carbocycles. The van der Waals surface area contributed by atoms with E-state index < -0.39 is 0 Å². The number of carbonyl (C=O) groups excluding carboxylic acids is 1. The van der Waals surface area contributed by atoms with Crippen LogP contribution in [-0.4, -0.2) is 11.8 Å². The first-order chi connectivity index (χ1) is 8.15. The summed E-state index contributed by atoms with van der Waals surface area (Å²) >= 11 is 0. The minimum atomic E-state index is 0.230. The fraction of sp³-hybridized carbons (Fsp3) is 0.400. The van der Waals surface area contributed by atoms with Crippen LogP contribution in [0.15, 0.2) is 42.1 Å². The number of nitrogens with one attached hydrogen (secondary N) is 1. The Labute approximate surface area is 103 Å². The van der Waals surface area contributed by atoms with E-state index in [1.807, 2.05) is 18.2 Å². The third-order valence-electron chi connectivity index (χ3n) is 2.99. The van der Waals surface area contributed by atoms with Crippen molar-refractivity contribution < 1.29 is 4.79 Å². The van der Waals surface area contributed by atoms with E-state index in [1.54, 1.807) is 6.08 Å². The van der Waals surface area contributed by atoms with Crippen molar-refractivity contribution in [1.29, 1.82) is 0 Å². The number of allylic oxidation sites excluding steroid dienone is 2. The summed E-state index contributed by atoms with van der Waals surface area (Å²) in [6.07, 6.45) is 3.33. The van der Waals surface area contributed by atoms with E-state index in [9.17, 15) is 4.79 Å². The molecule has 0 aliphatic heterocycles. The van der Waals surface area contributed by atoms with Gasteiger partial charge >= 0.3 is 0 Å². The van der Waals surface area contributed by atoms with Crippen molar-refractivity contribution in [1.82, 2.24) is 5.32 Å². The van der Waals surface area contributed by atoms with Crippen molar-refractivity contribution in [3.63, 3.8) is 0 Å². The van der Waals surface area contributed by atoms with Crippen molar-refractivity contribution in [3.8, 4) is 0 Å². The summed E-state index contributed by atoms with van der Waals surface area (Å²) in [4.78, 5) is 11.7. The van der Waals surface area contributed by atoms with Crippen LogP contribution in [-0.2, 0) is 4.79 Å². The Morgan fingerprint density at radius 1 is 1.18 bits per heavy atom. The second-order valence-electron chi connectivity index (χ2n) is 4.95. The van der Waals surface area contributed by atoms with E-state index in [2.05, 4.69) is 31.3 Å².